The molecule has 0 aliphatic heterocycles. The van der Waals surface area contributed by atoms with Crippen LogP contribution in [-0.4, -0.2) is 26.6 Å². The van der Waals surface area contributed by atoms with Crippen LogP contribution in [0.1, 0.15) is 19.5 Å². The second-order valence-corrected chi connectivity index (χ2v) is 3.60. The molecule has 0 unspecified atom stereocenters. The number of nitrogens with zero attached hydrogens (tertiary/aromatic N) is 2. The highest BCUT2D eigenvalue weighted by Gasteiger charge is 2.26. The molecule has 0 saturated carbocycles. The third-order valence-corrected chi connectivity index (χ3v) is 1.78. The van der Waals surface area contributed by atoms with Gasteiger partial charge in [-0.25, -0.2) is 14.8 Å². The van der Waals surface area contributed by atoms with E-state index in [0.717, 1.165) is 5.69 Å². The number of aliphatic carboxylic acids is 1. The smallest absolute Gasteiger partial charge is 0.328 e. The Balaban J connectivity index is 2.83. The number of hydrogen-bond donors (Lipinski definition) is 2. The lowest BCUT2D eigenvalue weighted by Crippen LogP contribution is -2.40. The third-order valence-electron chi connectivity index (χ3n) is 1.78. The summed E-state index contributed by atoms with van der Waals surface area (Å²) in [4.78, 5) is 18.6. The molecule has 14 heavy (non-hydrogen) atoms. The summed E-state index contributed by atoms with van der Waals surface area (Å²) in [6, 6.07) is 1.70. The summed E-state index contributed by atoms with van der Waals surface area (Å²) in [5, 5.41) is 11.7. The van der Waals surface area contributed by atoms with Gasteiger partial charge in [-0.2, -0.15) is 0 Å². The molecule has 0 saturated heterocycles. The minimum absolute atomic E-state index is 0.518. The number of anilines is 1. The van der Waals surface area contributed by atoms with Gasteiger partial charge < -0.3 is 10.4 Å². The molecule has 1 aromatic heterocycles. The normalized spacial score (nSPS) is 11.1. The summed E-state index contributed by atoms with van der Waals surface area (Å²) >= 11 is 0. The summed E-state index contributed by atoms with van der Waals surface area (Å²) in [5.74, 6) is -0.404. The first-order chi connectivity index (χ1) is 6.42. The van der Waals surface area contributed by atoms with Crippen molar-refractivity contribution in [1.29, 1.82) is 0 Å². The standard InChI is InChI=1S/C9H13N3O2/c1-6-4-7(11-5-10-6)12-9(2,3)8(13)14/h4-5H,1-3H3,(H,13,14)(H,10,11,12). The molecule has 5 nitrogen and oxygen atoms in total. The van der Waals surface area contributed by atoms with Crippen molar-refractivity contribution in [1.82, 2.24) is 9.97 Å². The lowest BCUT2D eigenvalue weighted by Gasteiger charge is -2.21. The van der Waals surface area contributed by atoms with Crippen LogP contribution < -0.4 is 5.32 Å². The highest BCUT2D eigenvalue weighted by Crippen LogP contribution is 2.12. The molecule has 0 aliphatic rings. The molecule has 0 amide bonds. The molecule has 0 aromatic carbocycles. The fourth-order valence-electron chi connectivity index (χ4n) is 0.897. The maximum absolute atomic E-state index is 10.8. The van der Waals surface area contributed by atoms with E-state index in [-0.39, 0.29) is 0 Å². The number of carboxylic acids is 1. The first kappa shape index (κ1) is 10.4. The van der Waals surface area contributed by atoms with Crippen molar-refractivity contribution < 1.29 is 9.90 Å². The van der Waals surface area contributed by atoms with Crippen LogP contribution in [0.3, 0.4) is 0 Å². The predicted octanol–water partition coefficient (Wildman–Crippen LogP) is 1.06. The topological polar surface area (TPSA) is 75.1 Å². The largest absolute Gasteiger partial charge is 0.480 e. The third kappa shape index (κ3) is 2.42. The zero-order valence-corrected chi connectivity index (χ0v) is 8.40. The number of aryl methyl sites for hydroxylation is 1. The van der Waals surface area contributed by atoms with E-state index in [1.165, 1.54) is 6.33 Å². The summed E-state index contributed by atoms with van der Waals surface area (Å²) in [6.45, 7) is 4.97. The first-order valence-electron chi connectivity index (χ1n) is 4.22. The van der Waals surface area contributed by atoms with Gasteiger partial charge in [-0.3, -0.25) is 0 Å². The van der Waals surface area contributed by atoms with Crippen molar-refractivity contribution in [3.63, 3.8) is 0 Å². The van der Waals surface area contributed by atoms with Crippen molar-refractivity contribution in [2.45, 2.75) is 26.3 Å². The summed E-state index contributed by atoms with van der Waals surface area (Å²) in [7, 11) is 0. The minimum Gasteiger partial charge on any atom is -0.480 e. The van der Waals surface area contributed by atoms with Crippen molar-refractivity contribution in [3.05, 3.63) is 18.1 Å². The van der Waals surface area contributed by atoms with Crippen LogP contribution in [0.25, 0.3) is 0 Å². The summed E-state index contributed by atoms with van der Waals surface area (Å²) in [5.41, 5.74) is -0.232. The molecule has 1 rings (SSSR count). The van der Waals surface area contributed by atoms with Crippen LogP contribution in [0.15, 0.2) is 12.4 Å². The Hall–Kier alpha value is -1.65. The molecular formula is C9H13N3O2. The highest BCUT2D eigenvalue weighted by atomic mass is 16.4. The molecule has 2 N–H and O–H groups in total. The van der Waals surface area contributed by atoms with Gasteiger partial charge in [0.2, 0.25) is 0 Å². The second kappa shape index (κ2) is 3.61. The molecule has 76 valence electrons. The van der Waals surface area contributed by atoms with E-state index in [1.54, 1.807) is 19.9 Å². The van der Waals surface area contributed by atoms with E-state index in [2.05, 4.69) is 15.3 Å². The van der Waals surface area contributed by atoms with Gasteiger partial charge in [-0.15, -0.1) is 0 Å². The van der Waals surface area contributed by atoms with E-state index < -0.39 is 11.5 Å². The minimum atomic E-state index is -1.03. The van der Waals surface area contributed by atoms with Gasteiger partial charge in [-0.1, -0.05) is 0 Å². The van der Waals surface area contributed by atoms with Crippen LogP contribution in [0.5, 0.6) is 0 Å². The molecule has 0 atom stereocenters. The van der Waals surface area contributed by atoms with Gasteiger partial charge in [0, 0.05) is 11.8 Å². The number of hydrogen-bond acceptors (Lipinski definition) is 4. The predicted molar refractivity (Wildman–Crippen MR) is 52.1 cm³/mol. The maximum Gasteiger partial charge on any atom is 0.328 e. The lowest BCUT2D eigenvalue weighted by molar-refractivity contribution is -0.141. The molecule has 0 spiro atoms. The van der Waals surface area contributed by atoms with Crippen molar-refractivity contribution >= 4 is 11.8 Å². The van der Waals surface area contributed by atoms with E-state index in [1.807, 2.05) is 6.92 Å². The van der Waals surface area contributed by atoms with Gasteiger partial charge in [0.1, 0.15) is 17.7 Å². The maximum atomic E-state index is 10.8. The molecule has 0 bridgehead atoms. The highest BCUT2D eigenvalue weighted by molar-refractivity contribution is 5.81. The Morgan fingerprint density at radius 1 is 1.50 bits per heavy atom. The van der Waals surface area contributed by atoms with Crippen LogP contribution in [0.4, 0.5) is 5.82 Å². The Morgan fingerprint density at radius 2 is 2.14 bits per heavy atom. The van der Waals surface area contributed by atoms with Gasteiger partial charge in [0.25, 0.3) is 0 Å². The second-order valence-electron chi connectivity index (χ2n) is 3.60. The van der Waals surface area contributed by atoms with E-state index in [9.17, 15) is 4.79 Å². The summed E-state index contributed by atoms with van der Waals surface area (Å²) < 4.78 is 0. The zero-order chi connectivity index (χ0) is 10.8. The number of nitrogens with one attached hydrogen (secondary N) is 1. The lowest BCUT2D eigenvalue weighted by atomic mass is 10.1. The number of aromatic nitrogens is 2. The SMILES string of the molecule is Cc1cc(NC(C)(C)C(=O)O)ncn1. The van der Waals surface area contributed by atoms with Crippen LogP contribution in [-0.2, 0) is 4.79 Å². The van der Waals surface area contributed by atoms with Gasteiger partial charge in [-0.05, 0) is 20.8 Å². The Kier molecular flexibility index (Phi) is 2.69. The van der Waals surface area contributed by atoms with Crippen molar-refractivity contribution in [2.24, 2.45) is 0 Å². The van der Waals surface area contributed by atoms with Crippen molar-refractivity contribution in [2.75, 3.05) is 5.32 Å². The molecule has 1 aromatic rings. The number of carboxylic acid groups (broad SMARTS) is 1. The fourth-order valence-corrected chi connectivity index (χ4v) is 0.897. The van der Waals surface area contributed by atoms with Crippen LogP contribution in [0, 0.1) is 6.92 Å². The fraction of sp³-hybridized carbons (Fsp3) is 0.444. The molecule has 1 heterocycles. The monoisotopic (exact) mass is 195 g/mol. The molecule has 0 aliphatic carbocycles. The van der Waals surface area contributed by atoms with Gasteiger partial charge in [0.05, 0.1) is 0 Å². The average Bonchev–Trinajstić information content (AvgIpc) is 2.02. The molecule has 0 fully saturated rings. The first-order valence-corrected chi connectivity index (χ1v) is 4.22. The Labute approximate surface area is 82.2 Å². The van der Waals surface area contributed by atoms with E-state index in [4.69, 9.17) is 5.11 Å². The van der Waals surface area contributed by atoms with Crippen molar-refractivity contribution in [3.8, 4) is 0 Å². The van der Waals surface area contributed by atoms with Crippen LogP contribution in [0.2, 0.25) is 0 Å². The van der Waals surface area contributed by atoms with Gasteiger partial charge >= 0.3 is 5.97 Å². The van der Waals surface area contributed by atoms with E-state index in [0.29, 0.717) is 5.82 Å². The Bertz CT molecular complexity index is 350. The quantitative estimate of drug-likeness (QED) is 0.754. The molecular weight excluding hydrogens is 182 g/mol. The molecule has 0 radical (unpaired) electrons. The Morgan fingerprint density at radius 3 is 2.64 bits per heavy atom. The summed E-state index contributed by atoms with van der Waals surface area (Å²) in [6.07, 6.45) is 1.40. The van der Waals surface area contributed by atoms with E-state index >= 15 is 0 Å². The molecule has 5 heteroatoms. The van der Waals surface area contributed by atoms with Crippen LogP contribution >= 0.6 is 0 Å². The average molecular weight is 195 g/mol. The zero-order valence-electron chi connectivity index (χ0n) is 8.40. The van der Waals surface area contributed by atoms with Gasteiger partial charge in [0.15, 0.2) is 0 Å². The number of rotatable bonds is 3. The number of carbonyl (C=O) groups is 1.